The maximum absolute atomic E-state index is 13.4. The Morgan fingerprint density at radius 1 is 0.909 bits per heavy atom. The van der Waals surface area contributed by atoms with Crippen molar-refractivity contribution >= 4 is 23.4 Å². The first-order valence-corrected chi connectivity index (χ1v) is 10.8. The fraction of sp³-hybridized carbons (Fsp3) is 0.192. The fourth-order valence-corrected chi connectivity index (χ4v) is 4.45. The summed E-state index contributed by atoms with van der Waals surface area (Å²) in [5.74, 6) is 0.273. The van der Waals surface area contributed by atoms with Crippen molar-refractivity contribution in [3.63, 3.8) is 0 Å². The van der Waals surface area contributed by atoms with E-state index in [1.807, 2.05) is 48.5 Å². The minimum Gasteiger partial charge on any atom is -0.497 e. The van der Waals surface area contributed by atoms with E-state index in [4.69, 9.17) is 4.74 Å². The van der Waals surface area contributed by atoms with Gasteiger partial charge in [-0.25, -0.2) is 0 Å². The zero-order valence-electron chi connectivity index (χ0n) is 18.2. The van der Waals surface area contributed by atoms with Crippen molar-refractivity contribution in [3.05, 3.63) is 95.1 Å². The van der Waals surface area contributed by atoms with Crippen molar-refractivity contribution in [2.75, 3.05) is 18.6 Å². The van der Waals surface area contributed by atoms with Gasteiger partial charge < -0.3 is 15.0 Å². The Morgan fingerprint density at radius 2 is 1.61 bits per heavy atom. The van der Waals surface area contributed by atoms with Crippen LogP contribution in [0.3, 0.4) is 0 Å². The minimum atomic E-state index is -0.550. The molecule has 1 atom stereocenters. The molecule has 2 aliphatic rings. The highest BCUT2D eigenvalue weighted by molar-refractivity contribution is 6.16. The first kappa shape index (κ1) is 20.8. The summed E-state index contributed by atoms with van der Waals surface area (Å²) in [7, 11) is 1.61. The maximum Gasteiger partial charge on any atom is 0.260 e. The van der Waals surface area contributed by atoms with Crippen LogP contribution in [-0.2, 0) is 11.3 Å². The van der Waals surface area contributed by atoms with Crippen molar-refractivity contribution < 1.29 is 19.1 Å². The molecule has 0 spiro atoms. The molecule has 2 aliphatic heterocycles. The molecule has 3 amide bonds. The number of hydrogen-bond donors (Lipinski definition) is 1. The van der Waals surface area contributed by atoms with Gasteiger partial charge in [-0.2, -0.15) is 0 Å². The summed E-state index contributed by atoms with van der Waals surface area (Å²) < 4.78 is 5.15. The Morgan fingerprint density at radius 3 is 2.36 bits per heavy atom. The van der Waals surface area contributed by atoms with Gasteiger partial charge in [-0.05, 0) is 35.9 Å². The highest BCUT2D eigenvalue weighted by atomic mass is 16.5. The average molecular weight is 441 g/mol. The number of carbonyl (C=O) groups excluding carboxylic acids is 3. The van der Waals surface area contributed by atoms with Crippen LogP contribution in [0.2, 0.25) is 0 Å². The number of fused-ring (bicyclic) bond motifs is 5. The third-order valence-corrected chi connectivity index (χ3v) is 6.11. The van der Waals surface area contributed by atoms with Gasteiger partial charge in [-0.1, -0.05) is 42.5 Å². The number of anilines is 1. The number of methoxy groups -OCH3 is 1. The zero-order chi connectivity index (χ0) is 22.9. The van der Waals surface area contributed by atoms with Gasteiger partial charge >= 0.3 is 0 Å². The van der Waals surface area contributed by atoms with Crippen LogP contribution in [0.15, 0.2) is 72.8 Å². The zero-order valence-corrected chi connectivity index (χ0v) is 18.2. The predicted octanol–water partition coefficient (Wildman–Crippen LogP) is 3.52. The lowest BCUT2D eigenvalue weighted by molar-refractivity contribution is -0.121. The van der Waals surface area contributed by atoms with Crippen LogP contribution in [0.25, 0.3) is 0 Å². The van der Waals surface area contributed by atoms with Gasteiger partial charge in [0.15, 0.2) is 0 Å². The predicted molar refractivity (Wildman–Crippen MR) is 123 cm³/mol. The number of nitrogens with one attached hydrogen (secondary N) is 1. The van der Waals surface area contributed by atoms with Crippen LogP contribution in [0.5, 0.6) is 5.75 Å². The second-order valence-electron chi connectivity index (χ2n) is 8.03. The lowest BCUT2D eigenvalue weighted by Gasteiger charge is -2.40. The Labute approximate surface area is 191 Å². The molecule has 3 aromatic rings. The van der Waals surface area contributed by atoms with E-state index in [0.29, 0.717) is 23.4 Å². The summed E-state index contributed by atoms with van der Waals surface area (Å²) in [5, 5.41) is 2.90. The van der Waals surface area contributed by atoms with Crippen LogP contribution < -0.4 is 15.0 Å². The molecule has 0 radical (unpaired) electrons. The molecule has 166 valence electrons. The number of nitrogens with zero attached hydrogens (tertiary/aromatic N) is 2. The van der Waals surface area contributed by atoms with Gasteiger partial charge in [-0.15, -0.1) is 0 Å². The van der Waals surface area contributed by atoms with Crippen molar-refractivity contribution in [3.8, 4) is 5.75 Å². The topological polar surface area (TPSA) is 79.0 Å². The Kier molecular flexibility index (Phi) is 5.30. The number of amides is 3. The van der Waals surface area contributed by atoms with Crippen LogP contribution in [0, 0.1) is 0 Å². The van der Waals surface area contributed by atoms with Gasteiger partial charge in [0.1, 0.15) is 11.9 Å². The molecule has 3 aromatic carbocycles. The molecule has 0 bridgehead atoms. The highest BCUT2D eigenvalue weighted by Gasteiger charge is 2.47. The van der Waals surface area contributed by atoms with Gasteiger partial charge in [0.2, 0.25) is 5.91 Å². The number of carbonyl (C=O) groups is 3. The van der Waals surface area contributed by atoms with E-state index in [0.717, 1.165) is 16.9 Å². The van der Waals surface area contributed by atoms with Crippen LogP contribution in [0.1, 0.15) is 44.4 Å². The summed E-state index contributed by atoms with van der Waals surface area (Å²) >= 11 is 0. The molecule has 0 aromatic heterocycles. The normalized spacial score (nSPS) is 16.2. The number of rotatable bonds is 6. The summed E-state index contributed by atoms with van der Waals surface area (Å²) in [4.78, 5) is 42.4. The van der Waals surface area contributed by atoms with E-state index < -0.39 is 6.17 Å². The van der Waals surface area contributed by atoms with Crippen LogP contribution in [0.4, 0.5) is 5.69 Å². The summed E-state index contributed by atoms with van der Waals surface area (Å²) in [6, 6.07) is 21.9. The lowest BCUT2D eigenvalue weighted by atomic mass is 10.0. The second kappa shape index (κ2) is 8.43. The molecule has 7 heteroatoms. The number of ether oxygens (including phenoxy) is 1. The smallest absolute Gasteiger partial charge is 0.260 e. The molecule has 0 aliphatic carbocycles. The SMILES string of the molecule is COc1ccc(CNC(=O)CCN2C(=O)c3ccccc3N3C(=O)c4ccccc4[C@H]23)cc1. The van der Waals surface area contributed by atoms with Gasteiger partial charge in [0.25, 0.3) is 11.8 Å². The largest absolute Gasteiger partial charge is 0.497 e. The molecule has 2 heterocycles. The number of hydrogen-bond acceptors (Lipinski definition) is 4. The average Bonchev–Trinajstić information content (AvgIpc) is 3.15. The molecule has 0 unspecified atom stereocenters. The molecule has 0 saturated carbocycles. The fourth-order valence-electron chi connectivity index (χ4n) is 4.45. The van der Waals surface area contributed by atoms with Crippen molar-refractivity contribution in [1.82, 2.24) is 10.2 Å². The highest BCUT2D eigenvalue weighted by Crippen LogP contribution is 2.45. The standard InChI is InChI=1S/C26H23N3O4/c1-33-18-12-10-17(11-13-18)16-27-23(30)14-15-28-24-19-6-2-3-7-20(19)26(32)29(24)22-9-5-4-8-21(22)25(28)31/h2-13,24H,14-16H2,1H3,(H,27,30)/t24-/m1/s1. The van der Waals surface area contributed by atoms with Gasteiger partial charge in [0, 0.05) is 30.6 Å². The van der Waals surface area contributed by atoms with Gasteiger partial charge in [0.05, 0.1) is 18.4 Å². The molecular formula is C26H23N3O4. The monoisotopic (exact) mass is 441 g/mol. The van der Waals surface area contributed by atoms with E-state index in [2.05, 4.69) is 5.32 Å². The summed E-state index contributed by atoms with van der Waals surface area (Å²) in [6.07, 6.45) is -0.421. The molecule has 33 heavy (non-hydrogen) atoms. The summed E-state index contributed by atoms with van der Waals surface area (Å²) in [6.45, 7) is 0.584. The second-order valence-corrected chi connectivity index (χ2v) is 8.03. The van der Waals surface area contributed by atoms with Crippen LogP contribution >= 0.6 is 0 Å². The molecule has 1 N–H and O–H groups in total. The minimum absolute atomic E-state index is 0.130. The third-order valence-electron chi connectivity index (χ3n) is 6.11. The number of para-hydroxylation sites is 1. The van der Waals surface area contributed by atoms with Gasteiger partial charge in [-0.3, -0.25) is 19.3 Å². The molecule has 0 saturated heterocycles. The van der Waals surface area contributed by atoms with E-state index in [1.54, 1.807) is 41.2 Å². The van der Waals surface area contributed by atoms with E-state index in [-0.39, 0.29) is 30.7 Å². The molecular weight excluding hydrogens is 418 g/mol. The molecule has 7 nitrogen and oxygen atoms in total. The maximum atomic E-state index is 13.4. The first-order valence-electron chi connectivity index (χ1n) is 10.8. The summed E-state index contributed by atoms with van der Waals surface area (Å²) in [5.41, 5.74) is 3.39. The molecule has 5 rings (SSSR count). The van der Waals surface area contributed by atoms with Crippen LogP contribution in [-0.4, -0.2) is 36.3 Å². The first-order chi connectivity index (χ1) is 16.1. The Hall–Kier alpha value is -4.13. The lowest BCUT2D eigenvalue weighted by Crippen LogP contribution is -2.49. The van der Waals surface area contributed by atoms with Crippen molar-refractivity contribution in [1.29, 1.82) is 0 Å². The quantitative estimate of drug-likeness (QED) is 0.635. The Bertz CT molecular complexity index is 1240. The Balaban J connectivity index is 1.34. The number of benzene rings is 3. The van der Waals surface area contributed by atoms with E-state index in [1.165, 1.54) is 0 Å². The molecule has 0 fully saturated rings. The van der Waals surface area contributed by atoms with E-state index in [9.17, 15) is 14.4 Å². The van der Waals surface area contributed by atoms with E-state index >= 15 is 0 Å². The van der Waals surface area contributed by atoms with Crippen molar-refractivity contribution in [2.45, 2.75) is 19.1 Å². The van der Waals surface area contributed by atoms with Crippen molar-refractivity contribution in [2.24, 2.45) is 0 Å². The third kappa shape index (κ3) is 3.61.